The van der Waals surface area contributed by atoms with E-state index in [0.29, 0.717) is 26.4 Å². The number of non-ortho nitro benzene ring substituents is 1. The number of nitrogens with zero attached hydrogens (tertiary/aromatic N) is 2. The zero-order chi connectivity index (χ0) is 26.7. The summed E-state index contributed by atoms with van der Waals surface area (Å²) in [6.07, 6.45) is 1.29. The Morgan fingerprint density at radius 2 is 1.78 bits per heavy atom. The van der Waals surface area contributed by atoms with E-state index >= 15 is 0 Å². The number of amides is 4. The molecular formula is C25H17Br2N3O7. The van der Waals surface area contributed by atoms with Gasteiger partial charge in [-0.3, -0.25) is 25.0 Å². The number of benzene rings is 3. The molecule has 1 saturated heterocycles. The zero-order valence-electron chi connectivity index (χ0n) is 19.1. The molecule has 188 valence electrons. The number of hydrogen-bond donors (Lipinski definition) is 1. The molecule has 0 unspecified atom stereocenters. The lowest BCUT2D eigenvalue weighted by Gasteiger charge is -2.26. The van der Waals surface area contributed by atoms with Crippen molar-refractivity contribution in [2.45, 2.75) is 6.61 Å². The fraction of sp³-hybridized carbons (Fsp3) is 0.0800. The minimum atomic E-state index is -1.01. The Balaban J connectivity index is 1.66. The summed E-state index contributed by atoms with van der Waals surface area (Å²) in [5.41, 5.74) is 0.612. The first kappa shape index (κ1) is 26.0. The van der Waals surface area contributed by atoms with E-state index in [1.807, 2.05) is 24.3 Å². The molecule has 1 aliphatic rings. The highest BCUT2D eigenvalue weighted by atomic mass is 79.9. The molecule has 12 heteroatoms. The van der Waals surface area contributed by atoms with Gasteiger partial charge in [0, 0.05) is 22.2 Å². The molecule has 1 aliphatic heterocycles. The van der Waals surface area contributed by atoms with Crippen LogP contribution in [0.5, 0.6) is 11.5 Å². The summed E-state index contributed by atoms with van der Waals surface area (Å²) in [4.78, 5) is 49.3. The number of nitro benzene ring substituents is 1. The van der Waals surface area contributed by atoms with E-state index in [9.17, 15) is 24.5 Å². The molecule has 1 heterocycles. The average Bonchev–Trinajstić information content (AvgIpc) is 2.86. The Kier molecular flexibility index (Phi) is 7.69. The Hall–Kier alpha value is -4.03. The standard InChI is InChI=1S/C25H17Br2N3O7/c1-36-21-11-14(10-20(27)22(21)37-13-15-5-2-3-8-19(15)26)9-18-23(31)28-25(33)29(24(18)32)16-6-4-7-17(12-16)30(34)35/h2-12H,13H2,1H3,(H,28,31,33)/b18-9+. The molecular weight excluding hydrogens is 614 g/mol. The quantitative estimate of drug-likeness (QED) is 0.161. The topological polar surface area (TPSA) is 128 Å². The highest BCUT2D eigenvalue weighted by molar-refractivity contribution is 9.10. The largest absolute Gasteiger partial charge is 0.493 e. The van der Waals surface area contributed by atoms with Crippen LogP contribution in [-0.4, -0.2) is 29.9 Å². The van der Waals surface area contributed by atoms with E-state index in [2.05, 4.69) is 37.2 Å². The van der Waals surface area contributed by atoms with E-state index in [1.54, 1.807) is 12.1 Å². The van der Waals surface area contributed by atoms with E-state index in [0.717, 1.165) is 16.1 Å². The van der Waals surface area contributed by atoms with Crippen LogP contribution in [0.2, 0.25) is 0 Å². The predicted octanol–water partition coefficient (Wildman–Crippen LogP) is 5.37. The molecule has 0 aliphatic carbocycles. The van der Waals surface area contributed by atoms with Crippen molar-refractivity contribution in [3.8, 4) is 11.5 Å². The second kappa shape index (κ2) is 10.9. The third kappa shape index (κ3) is 5.54. The number of barbiturate groups is 1. The van der Waals surface area contributed by atoms with Gasteiger partial charge in [-0.05, 0) is 51.8 Å². The Bertz CT molecular complexity index is 1470. The number of rotatable bonds is 7. The minimum Gasteiger partial charge on any atom is -0.493 e. The number of nitrogens with one attached hydrogen (secondary N) is 1. The van der Waals surface area contributed by atoms with Crippen molar-refractivity contribution >= 4 is 67.2 Å². The molecule has 1 N–H and O–H groups in total. The summed E-state index contributed by atoms with van der Waals surface area (Å²) >= 11 is 6.92. The molecule has 0 atom stereocenters. The Morgan fingerprint density at radius 1 is 1.03 bits per heavy atom. The lowest BCUT2D eigenvalue weighted by atomic mass is 10.1. The van der Waals surface area contributed by atoms with E-state index in [1.165, 1.54) is 31.4 Å². The fourth-order valence-corrected chi connectivity index (χ4v) is 4.51. The molecule has 1 fully saturated rings. The van der Waals surface area contributed by atoms with Gasteiger partial charge in [0.25, 0.3) is 17.5 Å². The number of urea groups is 1. The van der Waals surface area contributed by atoms with Crippen LogP contribution in [0.4, 0.5) is 16.2 Å². The lowest BCUT2D eigenvalue weighted by molar-refractivity contribution is -0.384. The van der Waals surface area contributed by atoms with Crippen molar-refractivity contribution in [3.63, 3.8) is 0 Å². The molecule has 0 bridgehead atoms. The van der Waals surface area contributed by atoms with Gasteiger partial charge in [-0.1, -0.05) is 40.2 Å². The minimum absolute atomic E-state index is 0.0512. The molecule has 0 aromatic heterocycles. The van der Waals surface area contributed by atoms with Crippen LogP contribution in [0.15, 0.2) is 75.2 Å². The maximum absolute atomic E-state index is 13.2. The SMILES string of the molecule is COc1cc(/C=C2\C(=O)NC(=O)N(c3cccc([N+](=O)[O-])c3)C2=O)cc(Br)c1OCc1ccccc1Br. The Labute approximate surface area is 227 Å². The van der Waals surface area contributed by atoms with Gasteiger partial charge in [0.2, 0.25) is 0 Å². The molecule has 0 spiro atoms. The van der Waals surface area contributed by atoms with Crippen molar-refractivity contribution in [2.24, 2.45) is 0 Å². The van der Waals surface area contributed by atoms with Crippen LogP contribution in [0.25, 0.3) is 6.08 Å². The van der Waals surface area contributed by atoms with Crippen molar-refractivity contribution in [1.82, 2.24) is 5.32 Å². The first-order chi connectivity index (χ1) is 17.7. The molecule has 0 saturated carbocycles. The molecule has 3 aromatic carbocycles. The monoisotopic (exact) mass is 629 g/mol. The number of nitro groups is 1. The molecule has 37 heavy (non-hydrogen) atoms. The second-order valence-corrected chi connectivity index (χ2v) is 9.36. The number of halogens is 2. The van der Waals surface area contributed by atoms with Crippen molar-refractivity contribution in [3.05, 3.63) is 96.4 Å². The smallest absolute Gasteiger partial charge is 0.335 e. The van der Waals surface area contributed by atoms with Gasteiger partial charge in [0.05, 0.1) is 22.2 Å². The highest BCUT2D eigenvalue weighted by Gasteiger charge is 2.37. The van der Waals surface area contributed by atoms with E-state index in [4.69, 9.17) is 9.47 Å². The summed E-state index contributed by atoms with van der Waals surface area (Å²) in [5.74, 6) is -1.09. The van der Waals surface area contributed by atoms with Crippen LogP contribution in [0, 0.1) is 10.1 Å². The van der Waals surface area contributed by atoms with Gasteiger partial charge in [0.1, 0.15) is 12.2 Å². The first-order valence-corrected chi connectivity index (χ1v) is 12.2. The van der Waals surface area contributed by atoms with Crippen molar-refractivity contribution in [2.75, 3.05) is 12.0 Å². The van der Waals surface area contributed by atoms with Gasteiger partial charge in [-0.15, -0.1) is 0 Å². The average molecular weight is 631 g/mol. The summed E-state index contributed by atoms with van der Waals surface area (Å²) in [7, 11) is 1.45. The number of hydrogen-bond acceptors (Lipinski definition) is 7. The van der Waals surface area contributed by atoms with E-state index < -0.39 is 22.8 Å². The van der Waals surface area contributed by atoms with Crippen LogP contribution in [0.3, 0.4) is 0 Å². The van der Waals surface area contributed by atoms with Crippen LogP contribution in [-0.2, 0) is 16.2 Å². The molecule has 4 amide bonds. The summed E-state index contributed by atoms with van der Waals surface area (Å²) in [6, 6.07) is 14.8. The highest BCUT2D eigenvalue weighted by Crippen LogP contribution is 2.38. The number of methoxy groups -OCH3 is 1. The number of anilines is 1. The van der Waals surface area contributed by atoms with Gasteiger partial charge in [-0.25, -0.2) is 9.69 Å². The second-order valence-electron chi connectivity index (χ2n) is 7.65. The third-order valence-electron chi connectivity index (χ3n) is 5.29. The number of ether oxygens (including phenoxy) is 2. The van der Waals surface area contributed by atoms with Crippen LogP contribution < -0.4 is 19.7 Å². The number of carbonyl (C=O) groups excluding carboxylic acids is 3. The molecule has 3 aromatic rings. The van der Waals surface area contributed by atoms with Crippen molar-refractivity contribution in [1.29, 1.82) is 0 Å². The fourth-order valence-electron chi connectivity index (χ4n) is 3.53. The molecule has 0 radical (unpaired) electrons. The van der Waals surface area contributed by atoms with E-state index in [-0.39, 0.29) is 23.6 Å². The van der Waals surface area contributed by atoms with Crippen molar-refractivity contribution < 1.29 is 28.8 Å². The lowest BCUT2D eigenvalue weighted by Crippen LogP contribution is -2.54. The third-order valence-corrected chi connectivity index (χ3v) is 6.66. The van der Waals surface area contributed by atoms with Gasteiger partial charge < -0.3 is 9.47 Å². The van der Waals surface area contributed by atoms with Gasteiger partial charge in [-0.2, -0.15) is 0 Å². The van der Waals surface area contributed by atoms with Gasteiger partial charge in [0.15, 0.2) is 11.5 Å². The zero-order valence-corrected chi connectivity index (χ0v) is 22.2. The number of carbonyl (C=O) groups is 3. The summed E-state index contributed by atoms with van der Waals surface area (Å²) in [5, 5.41) is 13.2. The summed E-state index contributed by atoms with van der Waals surface area (Å²) < 4.78 is 12.8. The molecule has 4 rings (SSSR count). The maximum atomic E-state index is 13.2. The molecule has 10 nitrogen and oxygen atoms in total. The normalized spacial score (nSPS) is 14.5. The van der Waals surface area contributed by atoms with Gasteiger partial charge >= 0.3 is 6.03 Å². The summed E-state index contributed by atoms with van der Waals surface area (Å²) in [6.45, 7) is 0.248. The maximum Gasteiger partial charge on any atom is 0.335 e. The van der Waals surface area contributed by atoms with Crippen LogP contribution >= 0.6 is 31.9 Å². The van der Waals surface area contributed by atoms with Crippen LogP contribution in [0.1, 0.15) is 11.1 Å². The number of imide groups is 2. The predicted molar refractivity (Wildman–Crippen MR) is 141 cm³/mol. The Morgan fingerprint density at radius 3 is 2.49 bits per heavy atom. The first-order valence-electron chi connectivity index (χ1n) is 10.6.